The first kappa shape index (κ1) is 10.9. The quantitative estimate of drug-likeness (QED) is 0.749. The Labute approximate surface area is 98.7 Å². The first-order valence-electron chi connectivity index (χ1n) is 4.91. The number of Topliss-reactive ketones (excluding diaryl/α,β-unsaturated/α-hetero) is 1. The number of ketones is 1. The van der Waals surface area contributed by atoms with Crippen LogP contribution in [0.25, 0.3) is 5.69 Å². The van der Waals surface area contributed by atoms with Gasteiger partial charge in [0, 0.05) is 11.8 Å². The summed E-state index contributed by atoms with van der Waals surface area (Å²) in [6.45, 7) is 3.40. The van der Waals surface area contributed by atoms with Crippen molar-refractivity contribution in [1.29, 1.82) is 0 Å². The van der Waals surface area contributed by atoms with Crippen molar-refractivity contribution in [3.63, 3.8) is 0 Å². The van der Waals surface area contributed by atoms with Gasteiger partial charge in [-0.05, 0) is 38.1 Å². The Morgan fingerprint density at radius 1 is 1.31 bits per heavy atom. The average molecular weight is 235 g/mol. The van der Waals surface area contributed by atoms with Crippen molar-refractivity contribution >= 4 is 17.4 Å². The van der Waals surface area contributed by atoms with Crippen molar-refractivity contribution in [1.82, 2.24) is 9.78 Å². The van der Waals surface area contributed by atoms with Crippen LogP contribution in [0.1, 0.15) is 23.0 Å². The first-order chi connectivity index (χ1) is 7.58. The Kier molecular flexibility index (Phi) is 2.79. The Balaban J connectivity index is 2.38. The highest BCUT2D eigenvalue weighted by atomic mass is 35.5. The van der Waals surface area contributed by atoms with Crippen LogP contribution in [-0.4, -0.2) is 15.6 Å². The molecule has 0 saturated carbocycles. The van der Waals surface area contributed by atoms with E-state index in [0.29, 0.717) is 10.6 Å². The summed E-state index contributed by atoms with van der Waals surface area (Å²) in [5.41, 5.74) is 2.37. The van der Waals surface area contributed by atoms with E-state index >= 15 is 0 Å². The lowest BCUT2D eigenvalue weighted by molar-refractivity contribution is 0.101. The van der Waals surface area contributed by atoms with Crippen LogP contribution >= 0.6 is 11.6 Å². The third-order valence-electron chi connectivity index (χ3n) is 2.38. The summed E-state index contributed by atoms with van der Waals surface area (Å²) < 4.78 is 1.70. The van der Waals surface area contributed by atoms with E-state index in [2.05, 4.69) is 5.10 Å². The second kappa shape index (κ2) is 4.10. The predicted molar refractivity (Wildman–Crippen MR) is 63.3 cm³/mol. The van der Waals surface area contributed by atoms with Crippen molar-refractivity contribution < 1.29 is 4.79 Å². The summed E-state index contributed by atoms with van der Waals surface area (Å²) >= 11 is 5.92. The zero-order chi connectivity index (χ0) is 11.7. The zero-order valence-corrected chi connectivity index (χ0v) is 9.82. The smallest absolute Gasteiger partial charge is 0.159 e. The van der Waals surface area contributed by atoms with Gasteiger partial charge in [-0.3, -0.25) is 4.79 Å². The molecule has 1 aromatic heterocycles. The molecule has 16 heavy (non-hydrogen) atoms. The van der Waals surface area contributed by atoms with Crippen LogP contribution in [0.4, 0.5) is 0 Å². The number of nitrogens with zero attached hydrogens (tertiary/aromatic N) is 2. The van der Waals surface area contributed by atoms with Crippen LogP contribution < -0.4 is 0 Å². The van der Waals surface area contributed by atoms with E-state index in [4.69, 9.17) is 11.6 Å². The third-order valence-corrected chi connectivity index (χ3v) is 2.75. The first-order valence-corrected chi connectivity index (χ1v) is 5.29. The molecule has 0 unspecified atom stereocenters. The average Bonchev–Trinajstić information content (AvgIpc) is 2.59. The summed E-state index contributed by atoms with van der Waals surface area (Å²) in [6, 6.07) is 7.25. The van der Waals surface area contributed by atoms with Gasteiger partial charge in [-0.1, -0.05) is 11.6 Å². The molecule has 0 N–H and O–H groups in total. The number of halogens is 1. The number of carbonyl (C=O) groups excluding carboxylic acids is 1. The van der Waals surface area contributed by atoms with Gasteiger partial charge in [-0.15, -0.1) is 0 Å². The van der Waals surface area contributed by atoms with Crippen molar-refractivity contribution in [2.45, 2.75) is 13.8 Å². The summed E-state index contributed by atoms with van der Waals surface area (Å²) in [5.74, 6) is 0.0567. The Morgan fingerprint density at radius 2 is 1.94 bits per heavy atom. The van der Waals surface area contributed by atoms with Gasteiger partial charge in [0.2, 0.25) is 0 Å². The number of hydrogen-bond donors (Lipinski definition) is 0. The van der Waals surface area contributed by atoms with Crippen molar-refractivity contribution in [2.75, 3.05) is 0 Å². The molecule has 3 nitrogen and oxygen atoms in total. The van der Waals surface area contributed by atoms with Crippen LogP contribution in [0, 0.1) is 6.92 Å². The summed E-state index contributed by atoms with van der Waals surface area (Å²) in [4.78, 5) is 11.1. The molecule has 0 saturated heterocycles. The monoisotopic (exact) mass is 234 g/mol. The number of carbonyl (C=O) groups is 1. The molecule has 0 aliphatic carbocycles. The Bertz CT molecular complexity index is 509. The molecule has 0 atom stereocenters. The lowest BCUT2D eigenvalue weighted by atomic mass is 10.1. The number of aromatic nitrogens is 2. The normalized spacial score (nSPS) is 10.4. The fraction of sp³-hybridized carbons (Fsp3) is 0.167. The Morgan fingerprint density at radius 3 is 2.38 bits per heavy atom. The second-order valence-electron chi connectivity index (χ2n) is 3.61. The summed E-state index contributed by atoms with van der Waals surface area (Å²) in [6.07, 6.45) is 1.75. The topological polar surface area (TPSA) is 34.9 Å². The molecular weight excluding hydrogens is 224 g/mol. The van der Waals surface area contributed by atoms with Crippen LogP contribution in [0.15, 0.2) is 30.5 Å². The molecule has 82 valence electrons. The molecule has 2 aromatic rings. The molecule has 4 heteroatoms. The highest BCUT2D eigenvalue weighted by Crippen LogP contribution is 2.16. The van der Waals surface area contributed by atoms with E-state index in [1.165, 1.54) is 0 Å². The van der Waals surface area contributed by atoms with Gasteiger partial charge in [0.15, 0.2) is 5.78 Å². The number of hydrogen-bond acceptors (Lipinski definition) is 2. The highest BCUT2D eigenvalue weighted by Gasteiger charge is 2.04. The molecular formula is C12H11ClN2O. The van der Waals surface area contributed by atoms with E-state index in [0.717, 1.165) is 11.4 Å². The molecule has 0 spiro atoms. The summed E-state index contributed by atoms with van der Waals surface area (Å²) in [5, 5.41) is 4.89. The lowest BCUT2D eigenvalue weighted by Gasteiger charge is -2.01. The van der Waals surface area contributed by atoms with Gasteiger partial charge in [0.05, 0.1) is 16.4 Å². The Hall–Kier alpha value is -1.61. The minimum Gasteiger partial charge on any atom is -0.295 e. The molecule has 1 aromatic carbocycles. The van der Waals surface area contributed by atoms with Gasteiger partial charge in [-0.2, -0.15) is 5.10 Å². The lowest BCUT2D eigenvalue weighted by Crippen LogP contribution is -1.97. The summed E-state index contributed by atoms with van der Waals surface area (Å²) in [7, 11) is 0. The van der Waals surface area contributed by atoms with Gasteiger partial charge < -0.3 is 0 Å². The highest BCUT2D eigenvalue weighted by molar-refractivity contribution is 6.31. The molecule has 2 rings (SSSR count). The maximum absolute atomic E-state index is 11.1. The maximum atomic E-state index is 11.1. The van der Waals surface area contributed by atoms with Crippen LogP contribution in [-0.2, 0) is 0 Å². The number of rotatable bonds is 2. The molecule has 0 aliphatic rings. The molecule has 0 bridgehead atoms. The van der Waals surface area contributed by atoms with Crippen LogP contribution in [0.2, 0.25) is 5.02 Å². The fourth-order valence-corrected chi connectivity index (χ4v) is 1.55. The maximum Gasteiger partial charge on any atom is 0.159 e. The van der Waals surface area contributed by atoms with Gasteiger partial charge >= 0.3 is 0 Å². The van der Waals surface area contributed by atoms with Gasteiger partial charge in [0.1, 0.15) is 0 Å². The minimum absolute atomic E-state index is 0.0567. The van der Waals surface area contributed by atoms with E-state index < -0.39 is 0 Å². The number of aryl methyl sites for hydroxylation is 1. The second-order valence-corrected chi connectivity index (χ2v) is 4.02. The van der Waals surface area contributed by atoms with E-state index in [9.17, 15) is 4.79 Å². The van der Waals surface area contributed by atoms with Crippen molar-refractivity contribution in [2.24, 2.45) is 0 Å². The number of benzene rings is 1. The van der Waals surface area contributed by atoms with Gasteiger partial charge in [0.25, 0.3) is 0 Å². The fourth-order valence-electron chi connectivity index (χ4n) is 1.42. The SMILES string of the molecule is CC(=O)c1ccc(-n2cc(Cl)c(C)n2)cc1. The predicted octanol–water partition coefficient (Wildman–Crippen LogP) is 3.04. The van der Waals surface area contributed by atoms with E-state index in [1.807, 2.05) is 19.1 Å². The molecule has 0 amide bonds. The van der Waals surface area contributed by atoms with Crippen LogP contribution in [0.3, 0.4) is 0 Å². The standard InChI is InChI=1S/C12H11ClN2O/c1-8-12(13)7-15(14-8)11-5-3-10(4-6-11)9(2)16/h3-7H,1-2H3. The molecule has 1 heterocycles. The van der Waals surface area contributed by atoms with Crippen LogP contribution in [0.5, 0.6) is 0 Å². The van der Waals surface area contributed by atoms with Gasteiger partial charge in [-0.25, -0.2) is 4.68 Å². The largest absolute Gasteiger partial charge is 0.295 e. The van der Waals surface area contributed by atoms with E-state index in [1.54, 1.807) is 29.9 Å². The van der Waals surface area contributed by atoms with Crippen molar-refractivity contribution in [3.05, 3.63) is 46.7 Å². The van der Waals surface area contributed by atoms with E-state index in [-0.39, 0.29) is 5.78 Å². The zero-order valence-electron chi connectivity index (χ0n) is 9.07. The minimum atomic E-state index is 0.0567. The third kappa shape index (κ3) is 1.99. The molecule has 0 aliphatic heterocycles. The molecule has 0 radical (unpaired) electrons. The molecule has 0 fully saturated rings. The van der Waals surface area contributed by atoms with Crippen molar-refractivity contribution in [3.8, 4) is 5.69 Å².